The molecule has 1 aromatic carbocycles. The molecule has 18 heavy (non-hydrogen) atoms. The molecule has 0 atom stereocenters. The van der Waals surface area contributed by atoms with Gasteiger partial charge in [-0.05, 0) is 24.6 Å². The fourth-order valence-corrected chi connectivity index (χ4v) is 1.75. The number of rotatable bonds is 4. The third-order valence-electron chi connectivity index (χ3n) is 2.66. The van der Waals surface area contributed by atoms with Gasteiger partial charge in [0.15, 0.2) is 0 Å². The first kappa shape index (κ1) is 12.2. The van der Waals surface area contributed by atoms with Crippen molar-refractivity contribution in [1.29, 1.82) is 0 Å². The number of aromatic amines is 1. The second-order valence-corrected chi connectivity index (χ2v) is 4.04. The molecule has 0 aliphatic heterocycles. The second-order valence-electron chi connectivity index (χ2n) is 4.04. The number of aryl methyl sites for hydroxylation is 1. The van der Waals surface area contributed by atoms with Crippen molar-refractivity contribution in [3.63, 3.8) is 0 Å². The van der Waals surface area contributed by atoms with Gasteiger partial charge in [0.25, 0.3) is 11.7 Å². The van der Waals surface area contributed by atoms with Gasteiger partial charge >= 0.3 is 0 Å². The number of benzene rings is 1. The summed E-state index contributed by atoms with van der Waals surface area (Å²) in [5, 5.41) is 13.1. The zero-order valence-corrected chi connectivity index (χ0v) is 10.4. The number of aromatic nitrogens is 4. The van der Waals surface area contributed by atoms with Crippen LogP contribution in [0.4, 0.5) is 0 Å². The number of nitrogens with one attached hydrogen (secondary N) is 1. The van der Waals surface area contributed by atoms with Gasteiger partial charge in [-0.1, -0.05) is 29.8 Å². The topological polar surface area (TPSA) is 74.8 Å². The summed E-state index contributed by atoms with van der Waals surface area (Å²) in [6.07, 6.45) is 0. The fourth-order valence-electron chi connectivity index (χ4n) is 1.75. The maximum absolute atomic E-state index is 12.1. The van der Waals surface area contributed by atoms with E-state index in [0.29, 0.717) is 13.1 Å². The molecule has 94 valence electrons. The Balaban J connectivity index is 2.12. The summed E-state index contributed by atoms with van der Waals surface area (Å²) in [5.41, 5.74) is 2.27. The van der Waals surface area contributed by atoms with Crippen LogP contribution >= 0.6 is 0 Å². The number of carbonyl (C=O) groups excluding carboxylic acids is 1. The zero-order valence-electron chi connectivity index (χ0n) is 10.4. The molecule has 0 aliphatic carbocycles. The first-order valence-electron chi connectivity index (χ1n) is 5.79. The van der Waals surface area contributed by atoms with Crippen LogP contribution in [0.15, 0.2) is 24.3 Å². The Kier molecular flexibility index (Phi) is 3.66. The predicted molar refractivity (Wildman–Crippen MR) is 65.8 cm³/mol. The van der Waals surface area contributed by atoms with Crippen LogP contribution in [0.2, 0.25) is 0 Å². The maximum atomic E-state index is 12.1. The van der Waals surface area contributed by atoms with Crippen molar-refractivity contribution < 1.29 is 4.79 Å². The van der Waals surface area contributed by atoms with E-state index >= 15 is 0 Å². The van der Waals surface area contributed by atoms with Crippen LogP contribution in [0, 0.1) is 6.92 Å². The number of hydrogen-bond acceptors (Lipinski definition) is 4. The number of hydrogen-bond donors (Lipinski definition) is 1. The highest BCUT2D eigenvalue weighted by Crippen LogP contribution is 2.09. The average molecular weight is 245 g/mol. The van der Waals surface area contributed by atoms with E-state index in [1.54, 1.807) is 4.90 Å². The van der Waals surface area contributed by atoms with Gasteiger partial charge in [-0.15, -0.1) is 10.2 Å². The molecule has 1 aromatic heterocycles. The van der Waals surface area contributed by atoms with Crippen LogP contribution in [-0.2, 0) is 6.54 Å². The van der Waals surface area contributed by atoms with E-state index in [1.165, 1.54) is 5.56 Å². The Morgan fingerprint density at radius 2 is 2.28 bits per heavy atom. The molecule has 1 heterocycles. The SMILES string of the molecule is CCN(Cc1cccc(C)c1)C(=O)c1nn[nH]n1. The molecule has 0 unspecified atom stereocenters. The number of carbonyl (C=O) groups is 1. The van der Waals surface area contributed by atoms with Gasteiger partial charge in [-0.3, -0.25) is 4.79 Å². The summed E-state index contributed by atoms with van der Waals surface area (Å²) >= 11 is 0. The van der Waals surface area contributed by atoms with Crippen molar-refractivity contribution >= 4 is 5.91 Å². The maximum Gasteiger partial charge on any atom is 0.295 e. The molecule has 2 aromatic rings. The lowest BCUT2D eigenvalue weighted by Crippen LogP contribution is -2.31. The highest BCUT2D eigenvalue weighted by atomic mass is 16.2. The lowest BCUT2D eigenvalue weighted by Gasteiger charge is -2.19. The minimum atomic E-state index is -0.215. The fraction of sp³-hybridized carbons (Fsp3) is 0.333. The molecule has 1 amide bonds. The average Bonchev–Trinajstić information content (AvgIpc) is 2.89. The first-order chi connectivity index (χ1) is 8.70. The summed E-state index contributed by atoms with van der Waals surface area (Å²) in [5.74, 6) is -0.114. The highest BCUT2D eigenvalue weighted by molar-refractivity contribution is 5.90. The molecule has 2 rings (SSSR count). The van der Waals surface area contributed by atoms with Gasteiger partial charge in [0.05, 0.1) is 0 Å². The quantitative estimate of drug-likeness (QED) is 0.877. The van der Waals surface area contributed by atoms with Crippen LogP contribution in [0.1, 0.15) is 28.7 Å². The lowest BCUT2D eigenvalue weighted by atomic mass is 10.1. The number of nitrogens with zero attached hydrogens (tertiary/aromatic N) is 4. The monoisotopic (exact) mass is 245 g/mol. The normalized spacial score (nSPS) is 10.3. The lowest BCUT2D eigenvalue weighted by molar-refractivity contribution is 0.0740. The molecule has 0 aliphatic rings. The summed E-state index contributed by atoms with van der Waals surface area (Å²) in [7, 11) is 0. The van der Waals surface area contributed by atoms with Crippen molar-refractivity contribution in [2.24, 2.45) is 0 Å². The van der Waals surface area contributed by atoms with Crippen LogP contribution < -0.4 is 0 Å². The number of tetrazole rings is 1. The molecule has 0 saturated heterocycles. The molecule has 0 saturated carbocycles. The smallest absolute Gasteiger partial charge is 0.295 e. The van der Waals surface area contributed by atoms with Gasteiger partial charge in [-0.2, -0.15) is 5.21 Å². The molecule has 6 nitrogen and oxygen atoms in total. The van der Waals surface area contributed by atoms with E-state index in [2.05, 4.69) is 26.7 Å². The molecule has 0 bridgehead atoms. The molecule has 0 radical (unpaired) electrons. The minimum Gasteiger partial charge on any atom is -0.332 e. The molecule has 6 heteroatoms. The molecule has 0 spiro atoms. The third-order valence-corrected chi connectivity index (χ3v) is 2.66. The third kappa shape index (κ3) is 2.71. The molecule has 0 fully saturated rings. The molecule has 1 N–H and O–H groups in total. The number of H-pyrrole nitrogens is 1. The largest absolute Gasteiger partial charge is 0.332 e. The summed E-state index contributed by atoms with van der Waals surface area (Å²) in [4.78, 5) is 13.7. The van der Waals surface area contributed by atoms with Crippen molar-refractivity contribution in [2.45, 2.75) is 20.4 Å². The standard InChI is InChI=1S/C12H15N5O/c1-3-17(12(18)11-13-15-16-14-11)8-10-6-4-5-9(2)7-10/h4-7H,3,8H2,1-2H3,(H,13,14,15,16). The Morgan fingerprint density at radius 3 is 2.89 bits per heavy atom. The first-order valence-corrected chi connectivity index (χ1v) is 5.79. The Hall–Kier alpha value is -2.24. The van der Waals surface area contributed by atoms with Crippen molar-refractivity contribution in [2.75, 3.05) is 6.54 Å². The summed E-state index contributed by atoms with van der Waals surface area (Å²) in [6, 6.07) is 8.07. The van der Waals surface area contributed by atoms with E-state index in [-0.39, 0.29) is 11.7 Å². The molecular formula is C12H15N5O. The second kappa shape index (κ2) is 5.39. The van der Waals surface area contributed by atoms with E-state index in [1.807, 2.05) is 32.0 Å². The Bertz CT molecular complexity index is 523. The van der Waals surface area contributed by atoms with Crippen molar-refractivity contribution in [3.05, 3.63) is 41.2 Å². The summed E-state index contributed by atoms with van der Waals surface area (Å²) < 4.78 is 0. The van der Waals surface area contributed by atoms with E-state index < -0.39 is 0 Å². The van der Waals surface area contributed by atoms with E-state index in [9.17, 15) is 4.79 Å². The summed E-state index contributed by atoms with van der Waals surface area (Å²) in [6.45, 7) is 5.10. The molecular weight excluding hydrogens is 230 g/mol. The van der Waals surface area contributed by atoms with Gasteiger partial charge in [0.1, 0.15) is 0 Å². The predicted octanol–water partition coefficient (Wildman–Crippen LogP) is 1.17. The van der Waals surface area contributed by atoms with Crippen LogP contribution in [-0.4, -0.2) is 38.0 Å². The zero-order chi connectivity index (χ0) is 13.0. The van der Waals surface area contributed by atoms with E-state index in [0.717, 1.165) is 5.56 Å². The minimum absolute atomic E-state index is 0.101. The Labute approximate surface area is 105 Å². The van der Waals surface area contributed by atoms with Gasteiger partial charge in [0.2, 0.25) is 0 Å². The number of amides is 1. The Morgan fingerprint density at radius 1 is 1.44 bits per heavy atom. The van der Waals surface area contributed by atoms with Crippen LogP contribution in [0.25, 0.3) is 0 Å². The van der Waals surface area contributed by atoms with Crippen LogP contribution in [0.5, 0.6) is 0 Å². The highest BCUT2D eigenvalue weighted by Gasteiger charge is 2.18. The van der Waals surface area contributed by atoms with Crippen molar-refractivity contribution in [1.82, 2.24) is 25.5 Å². The van der Waals surface area contributed by atoms with E-state index in [4.69, 9.17) is 0 Å². The van der Waals surface area contributed by atoms with Crippen LogP contribution in [0.3, 0.4) is 0 Å². The van der Waals surface area contributed by atoms with Gasteiger partial charge in [-0.25, -0.2) is 0 Å². The van der Waals surface area contributed by atoms with Crippen molar-refractivity contribution in [3.8, 4) is 0 Å². The van der Waals surface area contributed by atoms with Gasteiger partial charge in [0, 0.05) is 13.1 Å². The van der Waals surface area contributed by atoms with Gasteiger partial charge < -0.3 is 4.90 Å².